The van der Waals surface area contributed by atoms with Gasteiger partial charge < -0.3 is 5.73 Å². The minimum Gasteiger partial charge on any atom is -0.396 e. The largest absolute Gasteiger partial charge is 0.396 e. The first-order valence-electron chi connectivity index (χ1n) is 5.63. The number of halogens is 2. The molecule has 0 spiro atoms. The third-order valence-electron chi connectivity index (χ3n) is 2.58. The number of nitrogens with two attached hydrogens (primary N) is 1. The van der Waals surface area contributed by atoms with Gasteiger partial charge in [-0.15, -0.1) is 0 Å². The maximum atomic E-state index is 13.3. The van der Waals surface area contributed by atoms with Gasteiger partial charge in [0.2, 0.25) is 0 Å². The van der Waals surface area contributed by atoms with Crippen LogP contribution in [-0.4, -0.2) is 8.42 Å². The molecule has 3 N–H and O–H groups in total. The number of nitrogen functional groups attached to an aromatic ring is 1. The highest BCUT2D eigenvalue weighted by molar-refractivity contribution is 7.92. The van der Waals surface area contributed by atoms with Crippen LogP contribution in [-0.2, 0) is 10.0 Å². The van der Waals surface area contributed by atoms with Gasteiger partial charge in [-0.05, 0) is 48.9 Å². The molecular weight excluding hydrogens is 286 g/mol. The number of sulfonamides is 1. The Morgan fingerprint density at radius 2 is 1.80 bits per heavy atom. The number of hydrogen-bond acceptors (Lipinski definition) is 3. The third-order valence-corrected chi connectivity index (χ3v) is 3.96. The third kappa shape index (κ3) is 3.05. The highest BCUT2D eigenvalue weighted by atomic mass is 32.2. The smallest absolute Gasteiger partial charge is 0.261 e. The summed E-state index contributed by atoms with van der Waals surface area (Å²) in [6.45, 7) is 1.63. The van der Waals surface area contributed by atoms with Crippen molar-refractivity contribution in [1.29, 1.82) is 0 Å². The molecule has 0 amide bonds. The molecule has 0 radical (unpaired) electrons. The lowest BCUT2D eigenvalue weighted by Crippen LogP contribution is -2.13. The Bertz CT molecular complexity index is 741. The number of anilines is 2. The van der Waals surface area contributed by atoms with E-state index < -0.39 is 21.7 Å². The molecule has 0 heterocycles. The Morgan fingerprint density at radius 1 is 1.10 bits per heavy atom. The van der Waals surface area contributed by atoms with Gasteiger partial charge in [-0.25, -0.2) is 17.2 Å². The van der Waals surface area contributed by atoms with Gasteiger partial charge in [0.05, 0.1) is 16.3 Å². The highest BCUT2D eigenvalue weighted by Gasteiger charge is 2.16. The van der Waals surface area contributed by atoms with Gasteiger partial charge in [-0.1, -0.05) is 0 Å². The summed E-state index contributed by atoms with van der Waals surface area (Å²) in [5, 5.41) is 0. The number of rotatable bonds is 3. The molecule has 0 aliphatic rings. The molecule has 0 unspecified atom stereocenters. The van der Waals surface area contributed by atoms with Gasteiger partial charge in [0, 0.05) is 0 Å². The predicted molar refractivity (Wildman–Crippen MR) is 72.8 cm³/mol. The second kappa shape index (κ2) is 5.09. The van der Waals surface area contributed by atoms with Gasteiger partial charge in [0.15, 0.2) is 0 Å². The zero-order valence-corrected chi connectivity index (χ0v) is 11.3. The van der Waals surface area contributed by atoms with Gasteiger partial charge in [0.25, 0.3) is 10.0 Å². The summed E-state index contributed by atoms with van der Waals surface area (Å²) in [5.41, 5.74) is 5.77. The predicted octanol–water partition coefficient (Wildman–Crippen LogP) is 2.66. The van der Waals surface area contributed by atoms with Crippen LogP contribution in [0.25, 0.3) is 0 Å². The zero-order chi connectivity index (χ0) is 14.9. The van der Waals surface area contributed by atoms with Crippen molar-refractivity contribution in [2.24, 2.45) is 0 Å². The van der Waals surface area contributed by atoms with E-state index in [0.29, 0.717) is 5.56 Å². The molecule has 0 aliphatic heterocycles. The maximum Gasteiger partial charge on any atom is 0.261 e. The minimum absolute atomic E-state index is 0.0692. The lowest BCUT2D eigenvalue weighted by atomic mass is 10.2. The second-order valence-electron chi connectivity index (χ2n) is 4.31. The standard InChI is InChI=1S/C13H12F2N2O2S/c1-8-4-9(14)6-10(5-8)17-20(18,19)11-2-3-13(16)12(15)7-11/h2-7,17H,16H2,1H3. The molecular formula is C13H12F2N2O2S. The van der Waals surface area contributed by atoms with E-state index >= 15 is 0 Å². The number of hydrogen-bond donors (Lipinski definition) is 2. The van der Waals surface area contributed by atoms with Crippen molar-refractivity contribution in [1.82, 2.24) is 0 Å². The molecule has 106 valence electrons. The summed E-state index contributed by atoms with van der Waals surface area (Å²) in [6.07, 6.45) is 0. The average molecular weight is 298 g/mol. The molecule has 0 atom stereocenters. The van der Waals surface area contributed by atoms with Gasteiger partial charge in [-0.2, -0.15) is 0 Å². The summed E-state index contributed by atoms with van der Waals surface area (Å²) in [7, 11) is -4.00. The van der Waals surface area contributed by atoms with Crippen LogP contribution in [0.1, 0.15) is 5.56 Å². The van der Waals surface area contributed by atoms with Crippen LogP contribution in [0.15, 0.2) is 41.3 Å². The summed E-state index contributed by atoms with van der Waals surface area (Å²) < 4.78 is 52.8. The SMILES string of the molecule is Cc1cc(F)cc(NS(=O)(=O)c2ccc(N)c(F)c2)c1. The average Bonchev–Trinajstić information content (AvgIpc) is 2.30. The Morgan fingerprint density at radius 3 is 2.40 bits per heavy atom. The van der Waals surface area contributed by atoms with Gasteiger partial charge in [0.1, 0.15) is 11.6 Å². The molecule has 2 aromatic rings. The van der Waals surface area contributed by atoms with Crippen molar-refractivity contribution in [3.05, 3.63) is 53.6 Å². The van der Waals surface area contributed by atoms with E-state index in [1.54, 1.807) is 6.92 Å². The quantitative estimate of drug-likeness (QED) is 0.856. The molecule has 0 aromatic heterocycles. The molecule has 0 fully saturated rings. The summed E-state index contributed by atoms with van der Waals surface area (Å²) in [4.78, 5) is -0.286. The summed E-state index contributed by atoms with van der Waals surface area (Å²) in [6, 6.07) is 6.91. The van der Waals surface area contributed by atoms with Crippen molar-refractivity contribution in [2.75, 3.05) is 10.5 Å². The molecule has 4 nitrogen and oxygen atoms in total. The van der Waals surface area contributed by atoms with Crippen LogP contribution in [0, 0.1) is 18.6 Å². The van der Waals surface area contributed by atoms with Crippen molar-refractivity contribution >= 4 is 21.4 Å². The van der Waals surface area contributed by atoms with E-state index in [1.807, 2.05) is 0 Å². The van der Waals surface area contributed by atoms with E-state index in [1.165, 1.54) is 18.2 Å². The van der Waals surface area contributed by atoms with Gasteiger partial charge >= 0.3 is 0 Å². The van der Waals surface area contributed by atoms with Gasteiger partial charge in [-0.3, -0.25) is 4.72 Å². The monoisotopic (exact) mass is 298 g/mol. The number of benzene rings is 2. The first-order chi connectivity index (χ1) is 9.28. The van der Waals surface area contributed by atoms with Crippen LogP contribution in [0.5, 0.6) is 0 Å². The molecule has 0 saturated heterocycles. The first-order valence-corrected chi connectivity index (χ1v) is 7.11. The Kier molecular flexibility index (Phi) is 3.63. The van der Waals surface area contributed by atoms with E-state index in [4.69, 9.17) is 5.73 Å². The number of aryl methyl sites for hydroxylation is 1. The van der Waals surface area contributed by atoms with E-state index in [9.17, 15) is 17.2 Å². The maximum absolute atomic E-state index is 13.3. The van der Waals surface area contributed by atoms with E-state index in [2.05, 4.69) is 4.72 Å². The van der Waals surface area contributed by atoms with Crippen LogP contribution in [0.3, 0.4) is 0 Å². The molecule has 0 aliphatic carbocycles. The Hall–Kier alpha value is -2.15. The van der Waals surface area contributed by atoms with Crippen LogP contribution in [0.4, 0.5) is 20.2 Å². The summed E-state index contributed by atoms with van der Waals surface area (Å²) >= 11 is 0. The fourth-order valence-electron chi connectivity index (χ4n) is 1.68. The molecule has 0 bridgehead atoms. The molecule has 20 heavy (non-hydrogen) atoms. The van der Waals surface area contributed by atoms with Crippen molar-refractivity contribution < 1.29 is 17.2 Å². The zero-order valence-electron chi connectivity index (χ0n) is 10.5. The molecule has 2 rings (SSSR count). The van der Waals surface area contributed by atoms with E-state index in [-0.39, 0.29) is 16.3 Å². The fourth-order valence-corrected chi connectivity index (χ4v) is 2.74. The fraction of sp³-hybridized carbons (Fsp3) is 0.0769. The molecule has 2 aromatic carbocycles. The lowest BCUT2D eigenvalue weighted by Gasteiger charge is -2.09. The second-order valence-corrected chi connectivity index (χ2v) is 5.99. The van der Waals surface area contributed by atoms with Crippen LogP contribution in [0.2, 0.25) is 0 Å². The minimum atomic E-state index is -4.00. The Balaban J connectivity index is 2.37. The first kappa shape index (κ1) is 14.3. The van der Waals surface area contributed by atoms with Crippen molar-refractivity contribution in [3.63, 3.8) is 0 Å². The van der Waals surface area contributed by atoms with Crippen LogP contribution < -0.4 is 10.5 Å². The topological polar surface area (TPSA) is 72.2 Å². The Labute approximate surface area is 115 Å². The normalized spacial score (nSPS) is 11.3. The molecule has 0 saturated carbocycles. The summed E-state index contributed by atoms with van der Waals surface area (Å²) in [5.74, 6) is -1.39. The molecule has 7 heteroatoms. The van der Waals surface area contributed by atoms with Crippen molar-refractivity contribution in [3.8, 4) is 0 Å². The number of nitrogens with one attached hydrogen (secondary N) is 1. The van der Waals surface area contributed by atoms with Crippen molar-refractivity contribution in [2.45, 2.75) is 11.8 Å². The van der Waals surface area contributed by atoms with E-state index in [0.717, 1.165) is 18.2 Å². The van der Waals surface area contributed by atoms with Crippen LogP contribution >= 0.6 is 0 Å². The lowest BCUT2D eigenvalue weighted by molar-refractivity contribution is 0.596. The highest BCUT2D eigenvalue weighted by Crippen LogP contribution is 2.21.